The summed E-state index contributed by atoms with van der Waals surface area (Å²) >= 11 is 0. The van der Waals surface area contributed by atoms with Crippen molar-refractivity contribution in [3.05, 3.63) is 0 Å². The van der Waals surface area contributed by atoms with Crippen LogP contribution in [0.3, 0.4) is 0 Å². The van der Waals surface area contributed by atoms with Gasteiger partial charge in [-0.3, -0.25) is 4.79 Å². The highest BCUT2D eigenvalue weighted by atomic mass is 16.2. The van der Waals surface area contributed by atoms with Gasteiger partial charge in [0.1, 0.15) is 0 Å². The molecule has 1 aliphatic carbocycles. The number of hydrogen-bond acceptors (Lipinski definition) is 2. The molecule has 0 heterocycles. The Bertz CT molecular complexity index is 294. The molecule has 0 atom stereocenters. The molecule has 0 aromatic rings. The van der Waals surface area contributed by atoms with E-state index >= 15 is 0 Å². The van der Waals surface area contributed by atoms with Gasteiger partial charge >= 0.3 is 0 Å². The van der Waals surface area contributed by atoms with Gasteiger partial charge in [0.25, 0.3) is 0 Å². The molecule has 0 spiro atoms. The lowest BCUT2D eigenvalue weighted by atomic mass is 9.83. The topological polar surface area (TPSA) is 41.5 Å². The van der Waals surface area contributed by atoms with Crippen molar-refractivity contribution in [2.75, 3.05) is 0 Å². The van der Waals surface area contributed by atoms with Crippen LogP contribution in [0.5, 0.6) is 0 Å². The molecule has 98 valence electrons. The van der Waals surface area contributed by atoms with E-state index in [0.29, 0.717) is 0 Å². The summed E-state index contributed by atoms with van der Waals surface area (Å²) in [6.07, 6.45) is 4.36. The second-order valence-electron chi connectivity index (χ2n) is 6.38. The highest BCUT2D eigenvalue weighted by Crippen LogP contribution is 2.28. The first-order chi connectivity index (χ1) is 7.80. The monoisotopic (exact) mass is 238 g/mol. The van der Waals surface area contributed by atoms with Crippen molar-refractivity contribution in [1.82, 2.24) is 5.43 Å². The molecule has 1 N–H and O–H groups in total. The maximum absolute atomic E-state index is 11.9. The molecule has 1 rings (SSSR count). The van der Waals surface area contributed by atoms with Crippen LogP contribution in [0.1, 0.15) is 60.3 Å². The van der Waals surface area contributed by atoms with E-state index < -0.39 is 0 Å². The summed E-state index contributed by atoms with van der Waals surface area (Å²) in [5, 5.41) is 4.21. The quantitative estimate of drug-likeness (QED) is 0.581. The van der Waals surface area contributed by atoms with Crippen LogP contribution in [0.2, 0.25) is 0 Å². The fraction of sp³-hybridized carbons (Fsp3) is 0.857. The van der Waals surface area contributed by atoms with Crippen molar-refractivity contribution < 1.29 is 4.79 Å². The fourth-order valence-electron chi connectivity index (χ4n) is 1.92. The Morgan fingerprint density at radius 3 is 2.18 bits per heavy atom. The maximum atomic E-state index is 11.9. The molecule has 0 aromatic heterocycles. The molecule has 17 heavy (non-hydrogen) atoms. The Morgan fingerprint density at radius 2 is 1.71 bits per heavy atom. The first-order valence-electron chi connectivity index (χ1n) is 6.65. The van der Waals surface area contributed by atoms with Gasteiger partial charge in [0, 0.05) is 17.0 Å². The van der Waals surface area contributed by atoms with Crippen molar-refractivity contribution in [2.24, 2.45) is 22.4 Å². The molecular formula is C14H26N2O. The molecule has 3 heteroatoms. The third-order valence-corrected chi connectivity index (χ3v) is 3.81. The van der Waals surface area contributed by atoms with E-state index in [0.717, 1.165) is 24.5 Å². The number of amides is 1. The van der Waals surface area contributed by atoms with E-state index in [2.05, 4.69) is 38.2 Å². The molecule has 1 saturated carbocycles. The van der Waals surface area contributed by atoms with Crippen molar-refractivity contribution in [3.8, 4) is 0 Å². The lowest BCUT2D eigenvalue weighted by Gasteiger charge is -2.25. The van der Waals surface area contributed by atoms with Gasteiger partial charge in [-0.2, -0.15) is 5.10 Å². The van der Waals surface area contributed by atoms with Crippen LogP contribution in [0.15, 0.2) is 5.10 Å². The SMILES string of the molecule is C/C(=N\NC(=O)C1CCC(C)CC1)C(C)(C)C. The molecular weight excluding hydrogens is 212 g/mol. The zero-order chi connectivity index (χ0) is 13.1. The molecule has 3 nitrogen and oxygen atoms in total. The lowest BCUT2D eigenvalue weighted by molar-refractivity contribution is -0.126. The van der Waals surface area contributed by atoms with Crippen LogP contribution in [0.25, 0.3) is 0 Å². The first kappa shape index (κ1) is 14.2. The van der Waals surface area contributed by atoms with Crippen LogP contribution in [-0.4, -0.2) is 11.6 Å². The smallest absolute Gasteiger partial charge is 0.243 e. The molecule has 1 aliphatic rings. The molecule has 0 aliphatic heterocycles. The lowest BCUT2D eigenvalue weighted by Crippen LogP contribution is -2.31. The van der Waals surface area contributed by atoms with Crippen LogP contribution >= 0.6 is 0 Å². The van der Waals surface area contributed by atoms with Crippen molar-refractivity contribution in [2.45, 2.75) is 60.3 Å². The standard InChI is InChI=1S/C14H26N2O/c1-10-6-8-12(9-7-10)13(17)16-15-11(2)14(3,4)5/h10,12H,6-9H2,1-5H3,(H,16,17)/b15-11+. The van der Waals surface area contributed by atoms with E-state index in [1.54, 1.807) is 0 Å². The van der Waals surface area contributed by atoms with E-state index in [9.17, 15) is 4.79 Å². The van der Waals surface area contributed by atoms with Gasteiger partial charge in [-0.05, 0) is 38.5 Å². The molecule has 0 radical (unpaired) electrons. The average Bonchev–Trinajstić information content (AvgIpc) is 2.25. The molecule has 0 saturated heterocycles. The number of nitrogens with one attached hydrogen (secondary N) is 1. The summed E-state index contributed by atoms with van der Waals surface area (Å²) in [5.74, 6) is 1.04. The second-order valence-corrected chi connectivity index (χ2v) is 6.38. The summed E-state index contributed by atoms with van der Waals surface area (Å²) in [6, 6.07) is 0. The molecule has 0 unspecified atom stereocenters. The minimum absolute atomic E-state index is 0.0222. The number of nitrogens with zero attached hydrogens (tertiary/aromatic N) is 1. The van der Waals surface area contributed by atoms with Crippen molar-refractivity contribution >= 4 is 11.6 Å². The van der Waals surface area contributed by atoms with E-state index in [1.807, 2.05) is 6.92 Å². The third kappa shape index (κ3) is 4.49. The predicted molar refractivity (Wildman–Crippen MR) is 71.8 cm³/mol. The Hall–Kier alpha value is -0.860. The highest BCUT2D eigenvalue weighted by Gasteiger charge is 2.24. The van der Waals surface area contributed by atoms with Gasteiger partial charge < -0.3 is 0 Å². The number of hydrogen-bond donors (Lipinski definition) is 1. The van der Waals surface area contributed by atoms with E-state index in [4.69, 9.17) is 0 Å². The Morgan fingerprint density at radius 1 is 1.18 bits per heavy atom. The minimum atomic E-state index is 0.0222. The summed E-state index contributed by atoms with van der Waals surface area (Å²) < 4.78 is 0. The number of rotatable bonds is 2. The zero-order valence-corrected chi connectivity index (χ0v) is 11.8. The van der Waals surface area contributed by atoms with Crippen molar-refractivity contribution in [3.63, 3.8) is 0 Å². The zero-order valence-electron chi connectivity index (χ0n) is 11.8. The Kier molecular flexibility index (Phi) is 4.72. The van der Waals surface area contributed by atoms with Gasteiger partial charge in [0.15, 0.2) is 0 Å². The second kappa shape index (κ2) is 5.65. The highest BCUT2D eigenvalue weighted by molar-refractivity contribution is 5.88. The van der Waals surface area contributed by atoms with Crippen LogP contribution in [0.4, 0.5) is 0 Å². The molecule has 1 amide bonds. The average molecular weight is 238 g/mol. The molecule has 0 aromatic carbocycles. The van der Waals surface area contributed by atoms with Crippen molar-refractivity contribution in [1.29, 1.82) is 0 Å². The van der Waals surface area contributed by atoms with E-state index in [-0.39, 0.29) is 17.2 Å². The van der Waals surface area contributed by atoms with Gasteiger partial charge in [-0.1, -0.05) is 27.7 Å². The van der Waals surface area contributed by atoms with Crippen LogP contribution in [0, 0.1) is 17.3 Å². The van der Waals surface area contributed by atoms with Gasteiger partial charge in [-0.25, -0.2) is 5.43 Å². The van der Waals surface area contributed by atoms with Gasteiger partial charge in [-0.15, -0.1) is 0 Å². The Balaban J connectivity index is 2.45. The van der Waals surface area contributed by atoms with Gasteiger partial charge in [0.2, 0.25) is 5.91 Å². The largest absolute Gasteiger partial charge is 0.273 e. The molecule has 1 fully saturated rings. The predicted octanol–water partition coefficient (Wildman–Crippen LogP) is 3.35. The first-order valence-corrected chi connectivity index (χ1v) is 6.65. The van der Waals surface area contributed by atoms with Gasteiger partial charge in [0.05, 0.1) is 0 Å². The number of carbonyl (C=O) groups excluding carboxylic acids is 1. The van der Waals surface area contributed by atoms with Crippen LogP contribution < -0.4 is 5.43 Å². The number of carbonyl (C=O) groups is 1. The third-order valence-electron chi connectivity index (χ3n) is 3.81. The van der Waals surface area contributed by atoms with Crippen LogP contribution in [-0.2, 0) is 4.79 Å². The summed E-state index contributed by atoms with van der Waals surface area (Å²) in [6.45, 7) is 10.5. The summed E-state index contributed by atoms with van der Waals surface area (Å²) in [4.78, 5) is 11.9. The summed E-state index contributed by atoms with van der Waals surface area (Å²) in [5.41, 5.74) is 3.71. The normalized spacial score (nSPS) is 26.8. The summed E-state index contributed by atoms with van der Waals surface area (Å²) in [7, 11) is 0. The van der Waals surface area contributed by atoms with E-state index in [1.165, 1.54) is 12.8 Å². The fourth-order valence-corrected chi connectivity index (χ4v) is 1.92. The number of hydrazone groups is 1. The Labute approximate surface area is 105 Å². The minimum Gasteiger partial charge on any atom is -0.273 e. The molecule has 0 bridgehead atoms. The maximum Gasteiger partial charge on any atom is 0.243 e.